The average molecular weight is 652 g/mol. The summed E-state index contributed by atoms with van der Waals surface area (Å²) in [5.74, 6) is -1.88. The van der Waals surface area contributed by atoms with Crippen LogP contribution in [0.5, 0.6) is 0 Å². The Morgan fingerprint density at radius 3 is 2.13 bits per heavy atom. The lowest BCUT2D eigenvalue weighted by Crippen LogP contribution is -2.45. The van der Waals surface area contributed by atoms with Crippen molar-refractivity contribution in [2.24, 2.45) is 0 Å². The Labute approximate surface area is 265 Å². The number of nitrogens with zero attached hydrogens (tertiary/aromatic N) is 4. The van der Waals surface area contributed by atoms with Crippen LogP contribution < -0.4 is 10.2 Å². The van der Waals surface area contributed by atoms with E-state index in [-0.39, 0.29) is 11.7 Å². The molecule has 1 aromatic heterocycles. The van der Waals surface area contributed by atoms with E-state index in [0.717, 1.165) is 49.6 Å². The van der Waals surface area contributed by atoms with Gasteiger partial charge in [0.15, 0.2) is 0 Å². The third-order valence-electron chi connectivity index (χ3n) is 7.82. The lowest BCUT2D eigenvalue weighted by atomic mass is 9.98. The summed E-state index contributed by atoms with van der Waals surface area (Å²) >= 11 is 0. The number of aromatic nitrogens is 2. The van der Waals surface area contributed by atoms with E-state index in [4.69, 9.17) is 0 Å². The number of carbonyl (C=O) groups excluding carboxylic acids is 1. The zero-order valence-electron chi connectivity index (χ0n) is 24.6. The molecule has 13 heteroatoms. The molecule has 0 atom stereocenters. The summed E-state index contributed by atoms with van der Waals surface area (Å²) in [6.45, 7) is 3.59. The van der Waals surface area contributed by atoms with Crippen molar-refractivity contribution in [3.05, 3.63) is 120 Å². The molecule has 2 heterocycles. The van der Waals surface area contributed by atoms with Crippen LogP contribution in [0, 0.1) is 0 Å². The molecule has 0 unspecified atom stereocenters. The van der Waals surface area contributed by atoms with Crippen molar-refractivity contribution in [2.45, 2.75) is 18.9 Å². The molecule has 6 rings (SSSR count). The smallest absolute Gasteiger partial charge is 0.369 e. The zero-order chi connectivity index (χ0) is 33.2. The molecular weight excluding hydrogens is 624 g/mol. The Morgan fingerprint density at radius 1 is 0.766 bits per heavy atom. The van der Waals surface area contributed by atoms with E-state index in [1.165, 1.54) is 12.1 Å². The Hall–Kier alpha value is -5.17. The van der Waals surface area contributed by atoms with Crippen LogP contribution in [0.3, 0.4) is 0 Å². The molecule has 0 spiro atoms. The molecule has 0 bridgehead atoms. The molecule has 1 amide bonds. The van der Waals surface area contributed by atoms with Gasteiger partial charge >= 0.3 is 18.2 Å². The van der Waals surface area contributed by atoms with Crippen LogP contribution >= 0.6 is 0 Å². The van der Waals surface area contributed by atoms with Crippen molar-refractivity contribution < 1.29 is 35.7 Å². The summed E-state index contributed by atoms with van der Waals surface area (Å²) in [6.07, 6.45) is -9.15. The van der Waals surface area contributed by atoms with Gasteiger partial charge in [-0.2, -0.15) is 31.3 Å². The molecule has 0 radical (unpaired) electrons. The fraction of sp³-hybridized carbons (Fsp3) is 0.206. The number of anilines is 2. The number of piperazine rings is 1. The highest BCUT2D eigenvalue weighted by atomic mass is 19.4. The summed E-state index contributed by atoms with van der Waals surface area (Å²) in [5.41, 5.74) is 3.50. The van der Waals surface area contributed by atoms with E-state index in [1.807, 2.05) is 18.2 Å². The standard InChI is InChI=1S/C34H27F6N5O2/c35-33(36,37)25-10-8-23(9-11-25)28-6-1-2-7-29(28)31(46)41-26-12-14-27(15-13-26)45-18-16-44(17-19-45)21-22-4-3-5-24(20-22)30-42-32(47-43-30)34(38,39)40/h1-15,20H,16-19,21H2,(H,41,46). The monoisotopic (exact) mass is 651 g/mol. The number of alkyl halides is 6. The van der Waals surface area contributed by atoms with E-state index in [0.29, 0.717) is 34.5 Å². The molecule has 47 heavy (non-hydrogen) atoms. The highest BCUT2D eigenvalue weighted by Gasteiger charge is 2.38. The van der Waals surface area contributed by atoms with Crippen LogP contribution in [-0.2, 0) is 18.9 Å². The van der Waals surface area contributed by atoms with E-state index >= 15 is 0 Å². The summed E-state index contributed by atoms with van der Waals surface area (Å²) in [7, 11) is 0. The number of nitrogens with one attached hydrogen (secondary N) is 1. The van der Waals surface area contributed by atoms with Crippen LogP contribution in [0.25, 0.3) is 22.5 Å². The first-order chi connectivity index (χ1) is 22.4. The number of amides is 1. The van der Waals surface area contributed by atoms with Gasteiger partial charge in [-0.3, -0.25) is 9.69 Å². The predicted octanol–water partition coefficient (Wildman–Crippen LogP) is 8.02. The minimum atomic E-state index is -4.70. The number of benzene rings is 4. The molecule has 0 saturated carbocycles. The highest BCUT2D eigenvalue weighted by Crippen LogP contribution is 2.33. The molecule has 0 aliphatic carbocycles. The van der Waals surface area contributed by atoms with Gasteiger partial charge in [0.1, 0.15) is 0 Å². The highest BCUT2D eigenvalue weighted by molar-refractivity contribution is 6.08. The zero-order valence-corrected chi connectivity index (χ0v) is 24.6. The van der Waals surface area contributed by atoms with Crippen molar-refractivity contribution in [3.8, 4) is 22.5 Å². The van der Waals surface area contributed by atoms with Crippen molar-refractivity contribution in [3.63, 3.8) is 0 Å². The van der Waals surface area contributed by atoms with Crippen molar-refractivity contribution in [1.29, 1.82) is 0 Å². The second-order valence-corrected chi connectivity index (χ2v) is 11.0. The maximum absolute atomic E-state index is 13.2. The Balaban J connectivity index is 1.04. The number of carbonyl (C=O) groups is 1. The molecule has 5 aromatic rings. The molecule has 1 saturated heterocycles. The maximum atomic E-state index is 13.2. The van der Waals surface area contributed by atoms with Crippen molar-refractivity contribution in [2.75, 3.05) is 36.4 Å². The van der Waals surface area contributed by atoms with Gasteiger partial charge in [-0.05, 0) is 65.2 Å². The fourth-order valence-corrected chi connectivity index (χ4v) is 5.41. The lowest BCUT2D eigenvalue weighted by Gasteiger charge is -2.36. The maximum Gasteiger partial charge on any atom is 0.471 e. The van der Waals surface area contributed by atoms with Gasteiger partial charge in [0.05, 0.1) is 5.56 Å². The number of hydrogen-bond donors (Lipinski definition) is 1. The van der Waals surface area contributed by atoms with Gasteiger partial charge in [0, 0.05) is 55.2 Å². The molecule has 1 aliphatic heterocycles. The lowest BCUT2D eigenvalue weighted by molar-refractivity contribution is -0.159. The summed E-state index contributed by atoms with van der Waals surface area (Å²) in [5, 5.41) is 6.34. The Morgan fingerprint density at radius 2 is 1.47 bits per heavy atom. The van der Waals surface area contributed by atoms with Gasteiger partial charge < -0.3 is 14.7 Å². The fourth-order valence-electron chi connectivity index (χ4n) is 5.41. The normalized spacial score (nSPS) is 14.3. The van der Waals surface area contributed by atoms with E-state index < -0.39 is 23.8 Å². The van der Waals surface area contributed by atoms with Crippen LogP contribution in [0.4, 0.5) is 37.7 Å². The predicted molar refractivity (Wildman–Crippen MR) is 164 cm³/mol. The van der Waals surface area contributed by atoms with Crippen molar-refractivity contribution in [1.82, 2.24) is 15.0 Å². The molecule has 1 fully saturated rings. The van der Waals surface area contributed by atoms with Crippen LogP contribution in [-0.4, -0.2) is 47.1 Å². The second-order valence-electron chi connectivity index (χ2n) is 11.0. The molecular formula is C34H27F6N5O2. The number of hydrogen-bond acceptors (Lipinski definition) is 6. The Kier molecular flexibility index (Phi) is 8.74. The minimum Gasteiger partial charge on any atom is -0.369 e. The van der Waals surface area contributed by atoms with Gasteiger partial charge in [0.25, 0.3) is 5.91 Å². The molecule has 4 aromatic carbocycles. The molecule has 1 N–H and O–H groups in total. The Bertz CT molecular complexity index is 1840. The summed E-state index contributed by atoms with van der Waals surface area (Å²) in [6, 6.07) is 25.9. The van der Waals surface area contributed by atoms with E-state index in [9.17, 15) is 31.1 Å². The first-order valence-electron chi connectivity index (χ1n) is 14.6. The van der Waals surface area contributed by atoms with Gasteiger partial charge in [-0.25, -0.2) is 0 Å². The molecule has 1 aliphatic rings. The molecule has 7 nitrogen and oxygen atoms in total. The first-order valence-corrected chi connectivity index (χ1v) is 14.6. The quantitative estimate of drug-likeness (QED) is 0.180. The topological polar surface area (TPSA) is 74.5 Å². The van der Waals surface area contributed by atoms with Crippen LogP contribution in [0.15, 0.2) is 102 Å². The van der Waals surface area contributed by atoms with Gasteiger partial charge in [0.2, 0.25) is 5.82 Å². The van der Waals surface area contributed by atoms with Gasteiger partial charge in [-0.1, -0.05) is 53.7 Å². The van der Waals surface area contributed by atoms with Crippen LogP contribution in [0.2, 0.25) is 0 Å². The minimum absolute atomic E-state index is 0.119. The number of halogens is 6. The average Bonchev–Trinajstić information content (AvgIpc) is 3.57. The first kappa shape index (κ1) is 31.8. The third-order valence-corrected chi connectivity index (χ3v) is 7.82. The second kappa shape index (κ2) is 12.9. The largest absolute Gasteiger partial charge is 0.471 e. The van der Waals surface area contributed by atoms with Gasteiger partial charge in [-0.15, -0.1) is 0 Å². The molecule has 242 valence electrons. The van der Waals surface area contributed by atoms with E-state index in [2.05, 4.69) is 29.8 Å². The summed E-state index contributed by atoms with van der Waals surface area (Å²) in [4.78, 5) is 21.1. The number of rotatable bonds is 7. The summed E-state index contributed by atoms with van der Waals surface area (Å²) < 4.78 is 81.9. The van der Waals surface area contributed by atoms with Crippen molar-refractivity contribution >= 4 is 17.3 Å². The SMILES string of the molecule is O=C(Nc1ccc(N2CCN(Cc3cccc(-c4noc(C(F)(F)F)n4)c3)CC2)cc1)c1ccccc1-c1ccc(C(F)(F)F)cc1. The van der Waals surface area contributed by atoms with E-state index in [1.54, 1.807) is 54.6 Å². The van der Waals surface area contributed by atoms with Crippen LogP contribution in [0.1, 0.15) is 27.4 Å². The third kappa shape index (κ3) is 7.46.